The topological polar surface area (TPSA) is 9.23 Å². The van der Waals surface area contributed by atoms with Gasteiger partial charge in [0.2, 0.25) is 5.75 Å². The molecule has 3 rings (SSSR count). The molecule has 0 N–H and O–H groups in total. The molecule has 1 aliphatic carbocycles. The summed E-state index contributed by atoms with van der Waals surface area (Å²) in [6.45, 7) is 2.19. The second-order valence-electron chi connectivity index (χ2n) is 8.65. The van der Waals surface area contributed by atoms with Gasteiger partial charge in [-0.2, -0.15) is 0 Å². The van der Waals surface area contributed by atoms with Crippen LogP contribution in [0, 0.1) is 23.4 Å². The molecule has 1 nitrogen and oxygen atoms in total. The number of ether oxygens (including phenoxy) is 1. The molecular weight excluding hydrogens is 430 g/mol. The molecule has 0 heterocycles. The van der Waals surface area contributed by atoms with E-state index in [1.165, 1.54) is 32.1 Å². The summed E-state index contributed by atoms with van der Waals surface area (Å²) in [4.78, 5) is 0. The minimum absolute atomic E-state index is 0.0823. The minimum Gasteiger partial charge on any atom is -0.399 e. The fourth-order valence-electron chi connectivity index (χ4n) is 4.55. The summed E-state index contributed by atoms with van der Waals surface area (Å²) in [6, 6.07) is 6.73. The summed E-state index contributed by atoms with van der Waals surface area (Å²) in [5.74, 6) is -3.62. The highest BCUT2D eigenvalue weighted by Gasteiger charge is 2.34. The van der Waals surface area contributed by atoms with Crippen LogP contribution in [0.25, 0.3) is 0 Å². The van der Waals surface area contributed by atoms with E-state index in [4.69, 9.17) is 0 Å². The lowest BCUT2D eigenvalue weighted by Gasteiger charge is -2.29. The van der Waals surface area contributed by atoms with Crippen molar-refractivity contribution in [2.24, 2.45) is 5.92 Å². The molecule has 2 aromatic carbocycles. The number of halogens is 6. The third kappa shape index (κ3) is 6.66. The maximum Gasteiger partial charge on any atom is 0.573 e. The van der Waals surface area contributed by atoms with Crippen molar-refractivity contribution >= 4 is 0 Å². The number of unbranched alkanes of at least 4 members (excludes halogenated alkanes) is 1. The summed E-state index contributed by atoms with van der Waals surface area (Å²) < 4.78 is 82.5. The first-order valence-electron chi connectivity index (χ1n) is 11.2. The van der Waals surface area contributed by atoms with Crippen LogP contribution in [-0.2, 0) is 12.8 Å². The third-order valence-electron chi connectivity index (χ3n) is 6.32. The summed E-state index contributed by atoms with van der Waals surface area (Å²) in [5, 5.41) is 0. The van der Waals surface area contributed by atoms with E-state index >= 15 is 0 Å². The van der Waals surface area contributed by atoms with E-state index in [-0.39, 0.29) is 24.2 Å². The molecule has 7 heteroatoms. The SMILES string of the molecule is CCCCC1CCC(c2ccc(CCc3cc(F)c(OC(F)(F)F)c(F)c3)c(F)c2)CC1. The third-order valence-corrected chi connectivity index (χ3v) is 6.32. The van der Waals surface area contributed by atoms with E-state index in [0.717, 1.165) is 36.5 Å². The molecular formula is C25H28F6O. The Hall–Kier alpha value is -2.18. The maximum atomic E-state index is 14.7. The van der Waals surface area contributed by atoms with E-state index in [1.54, 1.807) is 12.1 Å². The summed E-state index contributed by atoms with van der Waals surface area (Å²) in [6.07, 6.45) is 3.23. The van der Waals surface area contributed by atoms with E-state index in [1.807, 2.05) is 6.07 Å². The molecule has 0 radical (unpaired) electrons. The maximum absolute atomic E-state index is 14.7. The van der Waals surface area contributed by atoms with Gasteiger partial charge >= 0.3 is 6.36 Å². The van der Waals surface area contributed by atoms with Gasteiger partial charge in [0.15, 0.2) is 11.6 Å². The van der Waals surface area contributed by atoms with Crippen molar-refractivity contribution < 1.29 is 31.1 Å². The molecule has 2 aromatic rings. The molecule has 1 saturated carbocycles. The molecule has 0 saturated heterocycles. The molecule has 0 atom stereocenters. The normalized spacial score (nSPS) is 19.2. The van der Waals surface area contributed by atoms with Gasteiger partial charge in [-0.3, -0.25) is 0 Å². The number of hydrogen-bond donors (Lipinski definition) is 0. The van der Waals surface area contributed by atoms with Crippen LogP contribution >= 0.6 is 0 Å². The first-order valence-corrected chi connectivity index (χ1v) is 11.2. The Morgan fingerprint density at radius 2 is 1.53 bits per heavy atom. The van der Waals surface area contributed by atoms with E-state index < -0.39 is 23.7 Å². The Bertz CT molecular complexity index is 877. The molecule has 1 aliphatic rings. The lowest BCUT2D eigenvalue weighted by Crippen LogP contribution is -2.19. The quantitative estimate of drug-likeness (QED) is 0.362. The zero-order chi connectivity index (χ0) is 23.3. The lowest BCUT2D eigenvalue weighted by molar-refractivity contribution is -0.276. The van der Waals surface area contributed by atoms with E-state index in [9.17, 15) is 26.3 Å². The average Bonchev–Trinajstić information content (AvgIpc) is 2.73. The predicted octanol–water partition coefficient (Wildman–Crippen LogP) is 8.25. The largest absolute Gasteiger partial charge is 0.573 e. The number of benzene rings is 2. The van der Waals surface area contributed by atoms with Crippen molar-refractivity contribution in [3.8, 4) is 5.75 Å². The second kappa shape index (κ2) is 10.6. The molecule has 0 amide bonds. The van der Waals surface area contributed by atoms with Crippen molar-refractivity contribution in [2.45, 2.75) is 77.0 Å². The van der Waals surface area contributed by atoms with Gasteiger partial charge in [0.05, 0.1) is 0 Å². The van der Waals surface area contributed by atoms with E-state index in [0.29, 0.717) is 11.5 Å². The van der Waals surface area contributed by atoms with Crippen LogP contribution in [0.3, 0.4) is 0 Å². The van der Waals surface area contributed by atoms with Crippen LogP contribution in [0.5, 0.6) is 5.75 Å². The number of alkyl halides is 3. The van der Waals surface area contributed by atoms with Gasteiger partial charge in [-0.25, -0.2) is 13.2 Å². The summed E-state index contributed by atoms with van der Waals surface area (Å²) in [7, 11) is 0. The first-order chi connectivity index (χ1) is 15.2. The molecule has 176 valence electrons. The first kappa shape index (κ1) is 24.5. The van der Waals surface area contributed by atoms with Crippen molar-refractivity contribution in [1.29, 1.82) is 0 Å². The number of hydrogen-bond acceptors (Lipinski definition) is 1. The van der Waals surface area contributed by atoms with Crippen molar-refractivity contribution in [2.75, 3.05) is 0 Å². The molecule has 0 spiro atoms. The number of aryl methyl sites for hydroxylation is 2. The van der Waals surface area contributed by atoms with Gasteiger partial charge in [0, 0.05) is 0 Å². The van der Waals surface area contributed by atoms with Crippen LogP contribution in [0.2, 0.25) is 0 Å². The van der Waals surface area contributed by atoms with Gasteiger partial charge in [-0.15, -0.1) is 13.2 Å². The monoisotopic (exact) mass is 458 g/mol. The zero-order valence-electron chi connectivity index (χ0n) is 18.1. The minimum atomic E-state index is -5.19. The predicted molar refractivity (Wildman–Crippen MR) is 111 cm³/mol. The molecule has 1 fully saturated rings. The standard InChI is InChI=1S/C25H28F6O/c1-2-3-4-16-5-8-18(9-6-16)20-12-11-19(21(26)15-20)10-7-17-13-22(27)24(23(28)14-17)32-25(29,30)31/h11-16,18H,2-10H2,1H3. The van der Waals surface area contributed by atoms with Crippen LogP contribution < -0.4 is 4.74 Å². The molecule has 32 heavy (non-hydrogen) atoms. The summed E-state index contributed by atoms with van der Waals surface area (Å²) >= 11 is 0. The fourth-order valence-corrected chi connectivity index (χ4v) is 4.55. The number of rotatable bonds is 8. The highest BCUT2D eigenvalue weighted by molar-refractivity contribution is 5.33. The van der Waals surface area contributed by atoms with Crippen LogP contribution in [-0.4, -0.2) is 6.36 Å². The van der Waals surface area contributed by atoms with Crippen molar-refractivity contribution in [3.05, 3.63) is 64.5 Å². The van der Waals surface area contributed by atoms with Gasteiger partial charge in [-0.05, 0) is 85.3 Å². The Kier molecular flexibility index (Phi) is 8.12. The van der Waals surface area contributed by atoms with Crippen molar-refractivity contribution in [1.82, 2.24) is 0 Å². The van der Waals surface area contributed by atoms with Crippen LogP contribution in [0.15, 0.2) is 30.3 Å². The van der Waals surface area contributed by atoms with Gasteiger partial charge < -0.3 is 4.74 Å². The van der Waals surface area contributed by atoms with Gasteiger partial charge in [-0.1, -0.05) is 38.3 Å². The lowest BCUT2D eigenvalue weighted by atomic mass is 9.77. The second-order valence-corrected chi connectivity index (χ2v) is 8.65. The smallest absolute Gasteiger partial charge is 0.399 e. The molecule has 0 unspecified atom stereocenters. The Morgan fingerprint density at radius 1 is 0.875 bits per heavy atom. The van der Waals surface area contributed by atoms with Gasteiger partial charge in [0.25, 0.3) is 0 Å². The molecule has 0 aromatic heterocycles. The Balaban J connectivity index is 1.60. The van der Waals surface area contributed by atoms with Gasteiger partial charge in [0.1, 0.15) is 5.82 Å². The fraction of sp³-hybridized carbons (Fsp3) is 0.520. The molecule has 0 bridgehead atoms. The van der Waals surface area contributed by atoms with E-state index in [2.05, 4.69) is 11.7 Å². The Labute approximate surface area is 184 Å². The summed E-state index contributed by atoms with van der Waals surface area (Å²) in [5.41, 5.74) is 1.51. The highest BCUT2D eigenvalue weighted by Crippen LogP contribution is 2.38. The van der Waals surface area contributed by atoms with Crippen molar-refractivity contribution in [3.63, 3.8) is 0 Å². The average molecular weight is 458 g/mol. The Morgan fingerprint density at radius 3 is 2.09 bits per heavy atom. The zero-order valence-corrected chi connectivity index (χ0v) is 18.1. The molecule has 0 aliphatic heterocycles. The highest BCUT2D eigenvalue weighted by atomic mass is 19.4. The van der Waals surface area contributed by atoms with Crippen LogP contribution in [0.4, 0.5) is 26.3 Å². The van der Waals surface area contributed by atoms with Crippen LogP contribution in [0.1, 0.15) is 74.5 Å².